The number of nitro groups is 1. The molecule has 1 amide bonds. The maximum atomic E-state index is 13.4. The molecule has 0 bridgehead atoms. The molecule has 0 radical (unpaired) electrons. The van der Waals surface area contributed by atoms with Crippen LogP contribution >= 0.6 is 11.3 Å². The van der Waals surface area contributed by atoms with Crippen molar-refractivity contribution in [2.75, 3.05) is 6.54 Å². The number of rotatable bonds is 10. The highest BCUT2D eigenvalue weighted by molar-refractivity contribution is 7.89. The molecule has 0 atom stereocenters. The van der Waals surface area contributed by atoms with E-state index in [1.165, 1.54) is 39.9 Å². The Morgan fingerprint density at radius 1 is 1.06 bits per heavy atom. The topological polar surface area (TPSA) is 101 Å². The number of hydrogen-bond donors (Lipinski definition) is 0. The van der Waals surface area contributed by atoms with Gasteiger partial charge in [-0.05, 0) is 54.1 Å². The zero-order valence-electron chi connectivity index (χ0n) is 18.0. The molecule has 1 saturated carbocycles. The molecular weight excluding hydrogens is 481 g/mol. The number of non-ortho nitro benzene ring substituents is 1. The first-order chi connectivity index (χ1) is 16.2. The van der Waals surface area contributed by atoms with Crippen molar-refractivity contribution in [2.24, 2.45) is 0 Å². The molecule has 0 unspecified atom stereocenters. The lowest BCUT2D eigenvalue weighted by atomic mass is 10.2. The van der Waals surface area contributed by atoms with Gasteiger partial charge >= 0.3 is 0 Å². The van der Waals surface area contributed by atoms with Crippen molar-refractivity contribution in [3.63, 3.8) is 0 Å². The monoisotopic (exact) mass is 503 g/mol. The predicted octanol–water partition coefficient (Wildman–Crippen LogP) is 4.18. The Morgan fingerprint density at radius 2 is 1.74 bits per heavy atom. The van der Waals surface area contributed by atoms with Gasteiger partial charge in [-0.3, -0.25) is 14.9 Å². The van der Waals surface area contributed by atoms with Crippen LogP contribution < -0.4 is 0 Å². The molecule has 2 aromatic carbocycles. The standard InChI is InChI=1S/C23H22FN3O5S2/c24-18-5-3-17(4-6-18)14-25(15-21-2-1-13-33-21)23(28)16-26(19-7-8-19)34(31,32)22-11-9-20(10-12-22)27(29)30/h1-6,9-13,19H,7-8,14-16H2. The molecule has 1 aliphatic rings. The van der Waals surface area contributed by atoms with Crippen LogP contribution in [0.15, 0.2) is 70.9 Å². The first kappa shape index (κ1) is 24.0. The van der Waals surface area contributed by atoms with E-state index < -0.39 is 14.9 Å². The second-order valence-electron chi connectivity index (χ2n) is 7.99. The van der Waals surface area contributed by atoms with Crippen LogP contribution in [0.1, 0.15) is 23.3 Å². The average molecular weight is 504 g/mol. The highest BCUT2D eigenvalue weighted by atomic mass is 32.2. The number of amides is 1. The second kappa shape index (κ2) is 10.00. The van der Waals surface area contributed by atoms with E-state index in [1.54, 1.807) is 17.0 Å². The Kier molecular flexibility index (Phi) is 7.05. The molecule has 0 N–H and O–H groups in total. The van der Waals surface area contributed by atoms with Crippen LogP contribution in [0.3, 0.4) is 0 Å². The van der Waals surface area contributed by atoms with Crippen molar-refractivity contribution >= 4 is 33.0 Å². The van der Waals surface area contributed by atoms with Gasteiger partial charge in [-0.2, -0.15) is 4.31 Å². The zero-order valence-corrected chi connectivity index (χ0v) is 19.7. The first-order valence-corrected chi connectivity index (χ1v) is 12.9. The molecule has 0 saturated heterocycles. The average Bonchev–Trinajstić information content (AvgIpc) is 3.53. The zero-order chi connectivity index (χ0) is 24.3. The molecule has 34 heavy (non-hydrogen) atoms. The Morgan fingerprint density at radius 3 is 2.29 bits per heavy atom. The van der Waals surface area contributed by atoms with Gasteiger partial charge in [-0.1, -0.05) is 18.2 Å². The molecule has 0 spiro atoms. The molecule has 1 aliphatic carbocycles. The number of benzene rings is 2. The third-order valence-electron chi connectivity index (χ3n) is 5.47. The molecule has 3 aromatic rings. The maximum absolute atomic E-state index is 13.4. The van der Waals surface area contributed by atoms with Crippen LogP contribution in [-0.2, 0) is 27.9 Å². The number of halogens is 1. The summed E-state index contributed by atoms with van der Waals surface area (Å²) in [6, 6.07) is 13.9. The van der Waals surface area contributed by atoms with E-state index in [9.17, 15) is 27.7 Å². The first-order valence-electron chi connectivity index (χ1n) is 10.5. The molecule has 4 rings (SSSR count). The van der Waals surface area contributed by atoms with Crippen LogP contribution in [0.4, 0.5) is 10.1 Å². The minimum absolute atomic E-state index is 0.0962. The summed E-state index contributed by atoms with van der Waals surface area (Å²) in [7, 11) is -4.03. The lowest BCUT2D eigenvalue weighted by Crippen LogP contribution is -2.43. The van der Waals surface area contributed by atoms with E-state index in [1.807, 2.05) is 17.5 Å². The summed E-state index contributed by atoms with van der Waals surface area (Å²) in [4.78, 5) is 26.1. The highest BCUT2D eigenvalue weighted by Gasteiger charge is 2.40. The fourth-order valence-corrected chi connectivity index (χ4v) is 5.87. The number of nitro benzene ring substituents is 1. The summed E-state index contributed by atoms with van der Waals surface area (Å²) in [5, 5.41) is 12.8. The summed E-state index contributed by atoms with van der Waals surface area (Å²) in [6.45, 7) is 0.146. The predicted molar refractivity (Wildman–Crippen MR) is 125 cm³/mol. The van der Waals surface area contributed by atoms with Crippen LogP contribution in [-0.4, -0.2) is 41.0 Å². The smallest absolute Gasteiger partial charge is 0.269 e. The quantitative estimate of drug-likeness (QED) is 0.305. The molecule has 1 heterocycles. The lowest BCUT2D eigenvalue weighted by molar-refractivity contribution is -0.384. The van der Waals surface area contributed by atoms with E-state index in [2.05, 4.69) is 0 Å². The van der Waals surface area contributed by atoms with E-state index >= 15 is 0 Å². The fourth-order valence-electron chi connectivity index (χ4n) is 3.51. The number of carbonyl (C=O) groups is 1. The molecule has 1 aromatic heterocycles. The van der Waals surface area contributed by atoms with Gasteiger partial charge in [0.15, 0.2) is 0 Å². The lowest BCUT2D eigenvalue weighted by Gasteiger charge is -2.27. The van der Waals surface area contributed by atoms with Crippen molar-refractivity contribution < 1.29 is 22.5 Å². The number of sulfonamides is 1. The van der Waals surface area contributed by atoms with E-state index in [0.717, 1.165) is 22.6 Å². The van der Waals surface area contributed by atoms with Gasteiger partial charge in [0.1, 0.15) is 5.82 Å². The molecule has 178 valence electrons. The van der Waals surface area contributed by atoms with E-state index in [4.69, 9.17) is 0 Å². The van der Waals surface area contributed by atoms with Gasteiger partial charge in [-0.25, -0.2) is 12.8 Å². The third kappa shape index (κ3) is 5.66. The Hall–Kier alpha value is -3.15. The Labute approximate surface area is 200 Å². The van der Waals surface area contributed by atoms with Crippen LogP contribution in [0.5, 0.6) is 0 Å². The van der Waals surface area contributed by atoms with Crippen molar-refractivity contribution in [3.05, 3.63) is 92.4 Å². The number of hydrogen-bond acceptors (Lipinski definition) is 6. The highest BCUT2D eigenvalue weighted by Crippen LogP contribution is 2.32. The van der Waals surface area contributed by atoms with Crippen LogP contribution in [0.25, 0.3) is 0 Å². The second-order valence-corrected chi connectivity index (χ2v) is 10.9. The molecule has 8 nitrogen and oxygen atoms in total. The van der Waals surface area contributed by atoms with Crippen LogP contribution in [0.2, 0.25) is 0 Å². The SMILES string of the molecule is O=C(CN(C1CC1)S(=O)(=O)c1ccc([N+](=O)[O-])cc1)N(Cc1ccc(F)cc1)Cc1cccs1. The van der Waals surface area contributed by atoms with Gasteiger partial charge in [-0.15, -0.1) is 11.3 Å². The summed E-state index contributed by atoms with van der Waals surface area (Å²) >= 11 is 1.48. The van der Waals surface area contributed by atoms with Gasteiger partial charge in [0, 0.05) is 29.6 Å². The summed E-state index contributed by atoms with van der Waals surface area (Å²) in [5.74, 6) is -0.760. The number of thiophene rings is 1. The van der Waals surface area contributed by atoms with E-state index in [0.29, 0.717) is 19.4 Å². The van der Waals surface area contributed by atoms with Crippen molar-refractivity contribution in [3.8, 4) is 0 Å². The van der Waals surface area contributed by atoms with Gasteiger partial charge in [0.05, 0.1) is 22.9 Å². The van der Waals surface area contributed by atoms with Crippen molar-refractivity contribution in [1.29, 1.82) is 0 Å². The maximum Gasteiger partial charge on any atom is 0.269 e. The molecule has 0 aliphatic heterocycles. The number of nitrogens with zero attached hydrogens (tertiary/aromatic N) is 3. The molecule has 11 heteroatoms. The van der Waals surface area contributed by atoms with Gasteiger partial charge in [0.2, 0.25) is 15.9 Å². The molecular formula is C23H22FN3O5S2. The largest absolute Gasteiger partial charge is 0.332 e. The third-order valence-corrected chi connectivity index (χ3v) is 8.24. The van der Waals surface area contributed by atoms with Crippen LogP contribution in [0, 0.1) is 15.9 Å². The number of carbonyl (C=O) groups excluding carboxylic acids is 1. The summed E-state index contributed by atoms with van der Waals surface area (Å²) in [5.41, 5.74) is 0.511. The summed E-state index contributed by atoms with van der Waals surface area (Å²) in [6.07, 6.45) is 1.28. The van der Waals surface area contributed by atoms with E-state index in [-0.39, 0.29) is 41.4 Å². The molecule has 1 fully saturated rings. The minimum atomic E-state index is -4.03. The summed E-state index contributed by atoms with van der Waals surface area (Å²) < 4.78 is 41.1. The minimum Gasteiger partial charge on any atom is -0.332 e. The van der Waals surface area contributed by atoms with Crippen molar-refractivity contribution in [2.45, 2.75) is 36.9 Å². The van der Waals surface area contributed by atoms with Gasteiger partial charge in [0.25, 0.3) is 5.69 Å². The normalized spacial score (nSPS) is 13.7. The van der Waals surface area contributed by atoms with Gasteiger partial charge < -0.3 is 4.90 Å². The Balaban J connectivity index is 1.57. The Bertz CT molecular complexity index is 1260. The van der Waals surface area contributed by atoms with Crippen molar-refractivity contribution in [1.82, 2.24) is 9.21 Å². The fraction of sp³-hybridized carbons (Fsp3) is 0.261.